The molecule has 2 aromatic rings. The predicted molar refractivity (Wildman–Crippen MR) is 61.8 cm³/mol. The van der Waals surface area contributed by atoms with Gasteiger partial charge in [0.15, 0.2) is 0 Å². The van der Waals surface area contributed by atoms with Crippen LogP contribution in [-0.4, -0.2) is 9.97 Å². The number of benzene rings is 1. The van der Waals surface area contributed by atoms with Gasteiger partial charge in [-0.1, -0.05) is 11.6 Å². The minimum atomic E-state index is -4.49. The van der Waals surface area contributed by atoms with Crippen LogP contribution in [0.2, 0.25) is 5.02 Å². The Kier molecular flexibility index (Phi) is 3.38. The Morgan fingerprint density at radius 2 is 1.72 bits per heavy atom. The van der Waals surface area contributed by atoms with Crippen molar-refractivity contribution >= 4 is 23.2 Å². The molecular formula is C11H7ClF3N3. The fraction of sp³-hybridized carbons (Fsp3) is 0.0909. The zero-order valence-electron chi connectivity index (χ0n) is 8.87. The second-order valence-electron chi connectivity index (χ2n) is 3.40. The molecule has 1 heterocycles. The monoisotopic (exact) mass is 273 g/mol. The second kappa shape index (κ2) is 4.81. The van der Waals surface area contributed by atoms with Crippen molar-refractivity contribution in [2.24, 2.45) is 0 Å². The number of hydrogen-bond acceptors (Lipinski definition) is 3. The summed E-state index contributed by atoms with van der Waals surface area (Å²) in [4.78, 5) is 7.10. The predicted octanol–water partition coefficient (Wildman–Crippen LogP) is 3.89. The third-order valence-corrected chi connectivity index (χ3v) is 2.30. The lowest BCUT2D eigenvalue weighted by atomic mass is 10.3. The van der Waals surface area contributed by atoms with E-state index < -0.39 is 11.9 Å². The summed E-state index contributed by atoms with van der Waals surface area (Å²) in [6, 6.07) is 7.26. The van der Waals surface area contributed by atoms with Gasteiger partial charge in [0.25, 0.3) is 0 Å². The van der Waals surface area contributed by atoms with Crippen LogP contribution in [0, 0.1) is 0 Å². The first-order valence-electron chi connectivity index (χ1n) is 4.88. The van der Waals surface area contributed by atoms with Crippen LogP contribution >= 0.6 is 11.6 Å². The maximum atomic E-state index is 12.4. The molecule has 0 unspecified atom stereocenters. The van der Waals surface area contributed by atoms with Crippen molar-refractivity contribution in [2.75, 3.05) is 5.32 Å². The molecule has 0 saturated heterocycles. The first-order chi connectivity index (χ1) is 8.45. The van der Waals surface area contributed by atoms with Crippen molar-refractivity contribution < 1.29 is 13.2 Å². The molecular weight excluding hydrogens is 267 g/mol. The van der Waals surface area contributed by atoms with E-state index >= 15 is 0 Å². The van der Waals surface area contributed by atoms with Gasteiger partial charge in [-0.2, -0.15) is 13.2 Å². The average molecular weight is 274 g/mol. The molecule has 0 amide bonds. The third kappa shape index (κ3) is 3.10. The van der Waals surface area contributed by atoms with Gasteiger partial charge in [0.2, 0.25) is 5.95 Å². The standard InChI is InChI=1S/C11H7ClF3N3/c12-7-1-3-8(4-2-7)17-10-16-6-5-9(18-10)11(13,14)15/h1-6H,(H,16,17,18). The number of hydrogen-bond donors (Lipinski definition) is 1. The Morgan fingerprint density at radius 1 is 1.06 bits per heavy atom. The fourth-order valence-corrected chi connectivity index (χ4v) is 1.37. The van der Waals surface area contributed by atoms with E-state index in [0.717, 1.165) is 12.3 Å². The van der Waals surface area contributed by atoms with E-state index in [2.05, 4.69) is 15.3 Å². The van der Waals surface area contributed by atoms with Crippen molar-refractivity contribution in [2.45, 2.75) is 6.18 Å². The highest BCUT2D eigenvalue weighted by Crippen LogP contribution is 2.28. The summed E-state index contributed by atoms with van der Waals surface area (Å²) in [6.07, 6.45) is -3.44. The van der Waals surface area contributed by atoms with Crippen LogP contribution in [-0.2, 0) is 6.18 Å². The van der Waals surface area contributed by atoms with E-state index in [9.17, 15) is 13.2 Å². The van der Waals surface area contributed by atoms with Gasteiger partial charge in [0.1, 0.15) is 5.69 Å². The van der Waals surface area contributed by atoms with Gasteiger partial charge in [0, 0.05) is 16.9 Å². The largest absolute Gasteiger partial charge is 0.433 e. The lowest BCUT2D eigenvalue weighted by molar-refractivity contribution is -0.141. The first-order valence-corrected chi connectivity index (χ1v) is 5.26. The molecule has 94 valence electrons. The van der Waals surface area contributed by atoms with Gasteiger partial charge in [-0.15, -0.1) is 0 Å². The fourth-order valence-electron chi connectivity index (χ4n) is 1.24. The van der Waals surface area contributed by atoms with Crippen LogP contribution in [0.3, 0.4) is 0 Å². The van der Waals surface area contributed by atoms with Crippen LogP contribution in [0.4, 0.5) is 24.8 Å². The van der Waals surface area contributed by atoms with Crippen molar-refractivity contribution in [1.82, 2.24) is 9.97 Å². The summed E-state index contributed by atoms with van der Waals surface area (Å²) in [5.41, 5.74) is -0.437. The Hall–Kier alpha value is -1.82. The topological polar surface area (TPSA) is 37.8 Å². The van der Waals surface area contributed by atoms with Crippen molar-refractivity contribution in [1.29, 1.82) is 0 Å². The normalized spacial score (nSPS) is 11.3. The van der Waals surface area contributed by atoms with Gasteiger partial charge in [-0.25, -0.2) is 9.97 Å². The Morgan fingerprint density at radius 3 is 2.33 bits per heavy atom. The zero-order valence-corrected chi connectivity index (χ0v) is 9.63. The number of rotatable bonds is 2. The van der Waals surface area contributed by atoms with Crippen molar-refractivity contribution in [3.63, 3.8) is 0 Å². The number of nitrogens with zero attached hydrogens (tertiary/aromatic N) is 2. The summed E-state index contributed by atoms with van der Waals surface area (Å²) in [5.74, 6) is -0.118. The van der Waals surface area contributed by atoms with Crippen LogP contribution in [0.15, 0.2) is 36.5 Å². The van der Waals surface area contributed by atoms with Crippen molar-refractivity contribution in [3.05, 3.63) is 47.2 Å². The maximum Gasteiger partial charge on any atom is 0.433 e. The maximum absolute atomic E-state index is 12.4. The van der Waals surface area contributed by atoms with E-state index in [4.69, 9.17) is 11.6 Å². The molecule has 0 spiro atoms. The minimum Gasteiger partial charge on any atom is -0.324 e. The highest BCUT2D eigenvalue weighted by Gasteiger charge is 2.32. The van der Waals surface area contributed by atoms with E-state index in [1.54, 1.807) is 24.3 Å². The Bertz CT molecular complexity index is 540. The molecule has 0 aliphatic heterocycles. The summed E-state index contributed by atoms with van der Waals surface area (Å²) in [5, 5.41) is 3.20. The first kappa shape index (κ1) is 12.6. The number of aromatic nitrogens is 2. The molecule has 0 aliphatic carbocycles. The van der Waals surface area contributed by atoms with Gasteiger partial charge in [0.05, 0.1) is 0 Å². The van der Waals surface area contributed by atoms with E-state index in [1.807, 2.05) is 0 Å². The quantitative estimate of drug-likeness (QED) is 0.902. The molecule has 0 bridgehead atoms. The molecule has 3 nitrogen and oxygen atoms in total. The summed E-state index contributed by atoms with van der Waals surface area (Å²) in [6.45, 7) is 0. The highest BCUT2D eigenvalue weighted by atomic mass is 35.5. The van der Waals surface area contributed by atoms with E-state index in [1.165, 1.54) is 0 Å². The molecule has 1 N–H and O–H groups in total. The SMILES string of the molecule is FC(F)(F)c1ccnc(Nc2ccc(Cl)cc2)n1. The van der Waals surface area contributed by atoms with Crippen LogP contribution in [0.25, 0.3) is 0 Å². The summed E-state index contributed by atoms with van der Waals surface area (Å²) < 4.78 is 37.3. The molecule has 0 aliphatic rings. The lowest BCUT2D eigenvalue weighted by Gasteiger charge is -2.08. The summed E-state index contributed by atoms with van der Waals surface area (Å²) in [7, 11) is 0. The molecule has 2 rings (SSSR count). The molecule has 0 saturated carbocycles. The number of nitrogens with one attached hydrogen (secondary N) is 1. The average Bonchev–Trinajstić information content (AvgIpc) is 2.31. The van der Waals surface area contributed by atoms with E-state index in [0.29, 0.717) is 10.7 Å². The Balaban J connectivity index is 2.22. The Labute approximate surface area is 106 Å². The van der Waals surface area contributed by atoms with Crippen LogP contribution < -0.4 is 5.32 Å². The molecule has 1 aromatic carbocycles. The highest BCUT2D eigenvalue weighted by molar-refractivity contribution is 6.30. The molecule has 18 heavy (non-hydrogen) atoms. The van der Waals surface area contributed by atoms with Gasteiger partial charge in [-0.3, -0.25) is 0 Å². The smallest absolute Gasteiger partial charge is 0.324 e. The molecule has 0 fully saturated rings. The van der Waals surface area contributed by atoms with Gasteiger partial charge < -0.3 is 5.32 Å². The molecule has 0 atom stereocenters. The van der Waals surface area contributed by atoms with Crippen LogP contribution in [0.1, 0.15) is 5.69 Å². The lowest BCUT2D eigenvalue weighted by Crippen LogP contribution is -2.10. The minimum absolute atomic E-state index is 0.118. The summed E-state index contributed by atoms with van der Waals surface area (Å²) >= 11 is 5.69. The number of alkyl halides is 3. The molecule has 7 heteroatoms. The third-order valence-electron chi connectivity index (χ3n) is 2.05. The molecule has 0 radical (unpaired) electrons. The van der Waals surface area contributed by atoms with Crippen molar-refractivity contribution in [3.8, 4) is 0 Å². The van der Waals surface area contributed by atoms with Gasteiger partial charge in [-0.05, 0) is 30.3 Å². The number of halogens is 4. The van der Waals surface area contributed by atoms with Crippen LogP contribution in [0.5, 0.6) is 0 Å². The second-order valence-corrected chi connectivity index (χ2v) is 3.83. The zero-order chi connectivity index (χ0) is 13.2. The molecule has 1 aromatic heterocycles. The number of anilines is 2. The van der Waals surface area contributed by atoms with Gasteiger partial charge >= 0.3 is 6.18 Å². The van der Waals surface area contributed by atoms with E-state index in [-0.39, 0.29) is 5.95 Å².